The minimum absolute atomic E-state index is 0.0272. The summed E-state index contributed by atoms with van der Waals surface area (Å²) in [6.45, 7) is 14.0. The average molecular weight is 311 g/mol. The molecule has 2 rings (SSSR count). The van der Waals surface area contributed by atoms with Crippen molar-refractivity contribution in [3.63, 3.8) is 0 Å². The largest absolute Gasteiger partial charge is 0.444 e. The lowest BCUT2D eigenvalue weighted by atomic mass is 9.75. The number of likely N-dealkylation sites (tertiary alicyclic amines) is 1. The minimum atomic E-state index is -0.751. The Hall–Kier alpha value is -1.07. The molecule has 0 aliphatic carbocycles. The van der Waals surface area contributed by atoms with Gasteiger partial charge in [0, 0.05) is 19.0 Å². The van der Waals surface area contributed by atoms with Crippen LogP contribution < -0.4 is 0 Å². The van der Waals surface area contributed by atoms with Crippen LogP contribution in [0.3, 0.4) is 0 Å². The second-order valence-corrected chi connectivity index (χ2v) is 7.63. The zero-order valence-electron chi connectivity index (χ0n) is 14.2. The molecular weight excluding hydrogens is 282 g/mol. The second-order valence-electron chi connectivity index (χ2n) is 7.63. The van der Waals surface area contributed by atoms with Gasteiger partial charge >= 0.3 is 6.09 Å². The van der Waals surface area contributed by atoms with Gasteiger partial charge in [-0.15, -0.1) is 0 Å². The molecule has 1 amide bonds. The number of carbonyl (C=O) groups is 1. The Morgan fingerprint density at radius 1 is 1.36 bits per heavy atom. The van der Waals surface area contributed by atoms with Crippen LogP contribution in [0.1, 0.15) is 40.5 Å². The van der Waals surface area contributed by atoms with Gasteiger partial charge in [0.05, 0.1) is 13.2 Å². The van der Waals surface area contributed by atoms with Crippen LogP contribution in [0.15, 0.2) is 12.2 Å². The van der Waals surface area contributed by atoms with Crippen LogP contribution in [0.4, 0.5) is 4.79 Å². The lowest BCUT2D eigenvalue weighted by Gasteiger charge is -2.44. The van der Waals surface area contributed by atoms with E-state index >= 15 is 0 Å². The molecule has 0 aromatic carbocycles. The smallest absolute Gasteiger partial charge is 0.410 e. The molecule has 5 nitrogen and oxygen atoms in total. The molecule has 2 fully saturated rings. The molecule has 0 aromatic rings. The van der Waals surface area contributed by atoms with E-state index in [2.05, 4.69) is 6.58 Å². The maximum absolute atomic E-state index is 12.1. The monoisotopic (exact) mass is 311 g/mol. The van der Waals surface area contributed by atoms with Crippen molar-refractivity contribution in [1.82, 2.24) is 4.90 Å². The summed E-state index contributed by atoms with van der Waals surface area (Å²) in [5, 5.41) is 10.4. The highest BCUT2D eigenvalue weighted by Crippen LogP contribution is 2.37. The van der Waals surface area contributed by atoms with Crippen molar-refractivity contribution >= 4 is 6.09 Å². The van der Waals surface area contributed by atoms with Gasteiger partial charge in [-0.1, -0.05) is 19.1 Å². The molecule has 0 aromatic heterocycles. The molecule has 0 unspecified atom stereocenters. The highest BCUT2D eigenvalue weighted by atomic mass is 16.6. The zero-order chi connectivity index (χ0) is 16.5. The van der Waals surface area contributed by atoms with Crippen molar-refractivity contribution in [2.75, 3.05) is 26.3 Å². The lowest BCUT2D eigenvalue weighted by Crippen LogP contribution is -2.55. The standard InChI is InChI=1S/C17H29NO4/c1-12(13(2)17(20)10-21-11-17)14-6-8-18(9-7-14)15(19)22-16(3,4)5/h13-14,20H,1,6-11H2,2-5H3/t13-/m1/s1. The Labute approximate surface area is 133 Å². The number of carbonyl (C=O) groups excluding carboxylic acids is 1. The SMILES string of the molecule is C=C(C1CCN(C(=O)OC(C)(C)C)CC1)[C@@H](C)C1(O)COC1. The van der Waals surface area contributed by atoms with Crippen LogP contribution in [0.5, 0.6) is 0 Å². The van der Waals surface area contributed by atoms with Gasteiger partial charge in [-0.2, -0.15) is 0 Å². The predicted molar refractivity (Wildman–Crippen MR) is 84.6 cm³/mol. The van der Waals surface area contributed by atoms with E-state index in [0.717, 1.165) is 18.4 Å². The average Bonchev–Trinajstić information content (AvgIpc) is 2.41. The number of hydrogen-bond acceptors (Lipinski definition) is 4. The maximum atomic E-state index is 12.1. The van der Waals surface area contributed by atoms with Crippen LogP contribution in [0.2, 0.25) is 0 Å². The molecule has 5 heteroatoms. The van der Waals surface area contributed by atoms with Crippen molar-refractivity contribution in [3.05, 3.63) is 12.2 Å². The molecule has 22 heavy (non-hydrogen) atoms. The summed E-state index contributed by atoms with van der Waals surface area (Å²) in [5.41, 5.74) is -0.131. The Kier molecular flexibility index (Phi) is 4.87. The van der Waals surface area contributed by atoms with E-state index in [4.69, 9.17) is 9.47 Å². The number of ether oxygens (including phenoxy) is 2. The molecule has 2 aliphatic heterocycles. The summed E-state index contributed by atoms with van der Waals surface area (Å²) in [7, 11) is 0. The summed E-state index contributed by atoms with van der Waals surface area (Å²) >= 11 is 0. The highest BCUT2D eigenvalue weighted by molar-refractivity contribution is 5.68. The van der Waals surface area contributed by atoms with Crippen LogP contribution in [-0.2, 0) is 9.47 Å². The van der Waals surface area contributed by atoms with Crippen molar-refractivity contribution in [2.45, 2.75) is 51.7 Å². The van der Waals surface area contributed by atoms with Crippen LogP contribution in [0.25, 0.3) is 0 Å². The molecule has 1 N–H and O–H groups in total. The molecule has 126 valence electrons. The van der Waals surface area contributed by atoms with E-state index in [1.54, 1.807) is 4.90 Å². The van der Waals surface area contributed by atoms with E-state index in [1.807, 2.05) is 27.7 Å². The molecule has 2 aliphatic rings. The van der Waals surface area contributed by atoms with E-state index < -0.39 is 11.2 Å². The fourth-order valence-corrected chi connectivity index (χ4v) is 3.02. The normalized spacial score (nSPS) is 23.6. The lowest BCUT2D eigenvalue weighted by molar-refractivity contribution is -0.198. The molecule has 1 atom stereocenters. The Balaban J connectivity index is 1.84. The zero-order valence-corrected chi connectivity index (χ0v) is 14.2. The number of piperidine rings is 1. The predicted octanol–water partition coefficient (Wildman–Crippen LogP) is 2.59. The van der Waals surface area contributed by atoms with Crippen LogP contribution >= 0.6 is 0 Å². The minimum Gasteiger partial charge on any atom is -0.444 e. The first-order valence-electron chi connectivity index (χ1n) is 8.09. The molecule has 0 saturated carbocycles. The van der Waals surface area contributed by atoms with Gasteiger partial charge in [-0.3, -0.25) is 0 Å². The molecule has 0 spiro atoms. The Morgan fingerprint density at radius 2 is 1.91 bits per heavy atom. The van der Waals surface area contributed by atoms with E-state index in [9.17, 15) is 9.90 Å². The third kappa shape index (κ3) is 3.82. The van der Waals surface area contributed by atoms with Gasteiger partial charge in [0.1, 0.15) is 11.2 Å². The maximum Gasteiger partial charge on any atom is 0.410 e. The van der Waals surface area contributed by atoms with Gasteiger partial charge in [0.25, 0.3) is 0 Å². The first-order valence-corrected chi connectivity index (χ1v) is 8.09. The van der Waals surface area contributed by atoms with Gasteiger partial charge in [0.15, 0.2) is 0 Å². The molecule has 2 heterocycles. The first kappa shape index (κ1) is 17.3. The highest BCUT2D eigenvalue weighted by Gasteiger charge is 2.44. The van der Waals surface area contributed by atoms with Crippen molar-refractivity contribution < 1.29 is 19.4 Å². The number of rotatable bonds is 3. The van der Waals surface area contributed by atoms with Crippen LogP contribution in [-0.4, -0.2) is 53.6 Å². The fourth-order valence-electron chi connectivity index (χ4n) is 3.02. The van der Waals surface area contributed by atoms with Gasteiger partial charge in [-0.25, -0.2) is 4.79 Å². The fraction of sp³-hybridized carbons (Fsp3) is 0.824. The Morgan fingerprint density at radius 3 is 2.32 bits per heavy atom. The van der Waals surface area contributed by atoms with Gasteiger partial charge < -0.3 is 19.5 Å². The Bertz CT molecular complexity index is 428. The second kappa shape index (κ2) is 6.20. The van der Waals surface area contributed by atoms with Crippen molar-refractivity contribution in [2.24, 2.45) is 11.8 Å². The number of nitrogens with zero attached hydrogens (tertiary/aromatic N) is 1. The van der Waals surface area contributed by atoms with Crippen molar-refractivity contribution in [1.29, 1.82) is 0 Å². The summed E-state index contributed by atoms with van der Waals surface area (Å²) in [6, 6.07) is 0. The van der Waals surface area contributed by atoms with Gasteiger partial charge in [-0.05, 0) is 39.5 Å². The van der Waals surface area contributed by atoms with E-state index in [-0.39, 0.29) is 12.0 Å². The topological polar surface area (TPSA) is 59.0 Å². The van der Waals surface area contributed by atoms with E-state index in [1.165, 1.54) is 0 Å². The summed E-state index contributed by atoms with van der Waals surface area (Å²) in [4.78, 5) is 13.8. The number of amides is 1. The summed E-state index contributed by atoms with van der Waals surface area (Å²) < 4.78 is 10.5. The molecular formula is C17H29NO4. The van der Waals surface area contributed by atoms with Crippen molar-refractivity contribution in [3.8, 4) is 0 Å². The molecule has 0 bridgehead atoms. The number of aliphatic hydroxyl groups is 1. The quantitative estimate of drug-likeness (QED) is 0.814. The molecule has 2 saturated heterocycles. The van der Waals surface area contributed by atoms with Crippen LogP contribution in [0, 0.1) is 11.8 Å². The van der Waals surface area contributed by atoms with E-state index in [0.29, 0.717) is 32.2 Å². The first-order chi connectivity index (χ1) is 10.1. The third-order valence-corrected chi connectivity index (χ3v) is 4.74. The third-order valence-electron chi connectivity index (χ3n) is 4.74. The van der Waals surface area contributed by atoms with Gasteiger partial charge in [0.2, 0.25) is 0 Å². The number of hydrogen-bond donors (Lipinski definition) is 1. The summed E-state index contributed by atoms with van der Waals surface area (Å²) in [6.07, 6.45) is 1.51. The summed E-state index contributed by atoms with van der Waals surface area (Å²) in [5.74, 6) is 0.373. The molecule has 0 radical (unpaired) electrons.